The van der Waals surface area contributed by atoms with Gasteiger partial charge in [0.25, 0.3) is 0 Å². The molecule has 0 saturated carbocycles. The van der Waals surface area contributed by atoms with Crippen LogP contribution in [-0.2, 0) is 6.54 Å². The van der Waals surface area contributed by atoms with Crippen molar-refractivity contribution < 1.29 is 0 Å². The monoisotopic (exact) mass is 393 g/mol. The molecule has 5 nitrogen and oxygen atoms in total. The highest BCUT2D eigenvalue weighted by Gasteiger charge is 2.17. The first-order chi connectivity index (χ1) is 14.7. The fourth-order valence-electron chi connectivity index (χ4n) is 4.17. The number of hydrogen-bond acceptors (Lipinski definition) is 3. The molecule has 0 aliphatic rings. The van der Waals surface area contributed by atoms with E-state index in [1.165, 1.54) is 22.3 Å². The molecule has 0 fully saturated rings. The number of aryl methyl sites for hydroxylation is 3. The molecule has 0 aliphatic heterocycles. The summed E-state index contributed by atoms with van der Waals surface area (Å²) < 4.78 is 4.18. The number of nitrogens with zero attached hydrogens (tertiary/aromatic N) is 5. The molecule has 2 aromatic heterocycles. The second-order valence-electron chi connectivity index (χ2n) is 7.59. The number of aromatic nitrogens is 5. The Morgan fingerprint density at radius 3 is 2.30 bits per heavy atom. The number of rotatable bonds is 4. The van der Waals surface area contributed by atoms with Gasteiger partial charge in [0.15, 0.2) is 0 Å². The number of fused-ring (bicyclic) bond motifs is 1. The Bertz CT molecular complexity index is 1350. The molecule has 30 heavy (non-hydrogen) atoms. The minimum absolute atomic E-state index is 0.846. The molecule has 3 aromatic carbocycles. The van der Waals surface area contributed by atoms with E-state index in [2.05, 4.69) is 96.2 Å². The van der Waals surface area contributed by atoms with Crippen molar-refractivity contribution >= 4 is 11.0 Å². The average Bonchev–Trinajstić information content (AvgIpc) is 3.41. The van der Waals surface area contributed by atoms with E-state index in [-0.39, 0.29) is 0 Å². The van der Waals surface area contributed by atoms with Crippen molar-refractivity contribution in [3.05, 3.63) is 84.4 Å². The molecule has 0 amide bonds. The van der Waals surface area contributed by atoms with Gasteiger partial charge < -0.3 is 4.57 Å². The van der Waals surface area contributed by atoms with Crippen molar-refractivity contribution in [1.82, 2.24) is 24.3 Å². The van der Waals surface area contributed by atoms with Crippen LogP contribution in [0.5, 0.6) is 0 Å². The third-order valence-electron chi connectivity index (χ3n) is 5.60. The molecule has 5 aromatic rings. The van der Waals surface area contributed by atoms with E-state index in [1.54, 1.807) is 12.7 Å². The lowest BCUT2D eigenvalue weighted by Crippen LogP contribution is -1.99. The topological polar surface area (TPSA) is 48.5 Å². The summed E-state index contributed by atoms with van der Waals surface area (Å²) in [7, 11) is 0. The van der Waals surface area contributed by atoms with Crippen molar-refractivity contribution in [2.75, 3.05) is 0 Å². The van der Waals surface area contributed by atoms with Crippen LogP contribution in [0.4, 0.5) is 0 Å². The van der Waals surface area contributed by atoms with E-state index >= 15 is 0 Å². The van der Waals surface area contributed by atoms with Crippen molar-refractivity contribution in [3.8, 4) is 28.2 Å². The Morgan fingerprint density at radius 2 is 1.57 bits per heavy atom. The maximum absolute atomic E-state index is 5.07. The summed E-state index contributed by atoms with van der Waals surface area (Å²) in [6, 6.07) is 21.5. The van der Waals surface area contributed by atoms with E-state index in [4.69, 9.17) is 4.98 Å². The number of hydrogen-bond donors (Lipinski definition) is 0. The highest BCUT2D eigenvalue weighted by Crippen LogP contribution is 2.35. The second-order valence-corrected chi connectivity index (χ2v) is 7.59. The highest BCUT2D eigenvalue weighted by molar-refractivity contribution is 5.88. The lowest BCUT2D eigenvalue weighted by molar-refractivity contribution is 0.796. The van der Waals surface area contributed by atoms with Crippen molar-refractivity contribution in [1.29, 1.82) is 0 Å². The first-order valence-corrected chi connectivity index (χ1v) is 10.2. The van der Waals surface area contributed by atoms with Crippen LogP contribution in [0, 0.1) is 13.8 Å². The summed E-state index contributed by atoms with van der Waals surface area (Å²) >= 11 is 0. The van der Waals surface area contributed by atoms with E-state index in [9.17, 15) is 0 Å². The van der Waals surface area contributed by atoms with E-state index in [0.717, 1.165) is 34.7 Å². The predicted octanol–water partition coefficient (Wildman–Crippen LogP) is 5.59. The molecular formula is C25H23N5. The fourth-order valence-corrected chi connectivity index (χ4v) is 4.17. The zero-order chi connectivity index (χ0) is 20.7. The molecule has 0 atom stereocenters. The van der Waals surface area contributed by atoms with E-state index in [1.807, 2.05) is 4.57 Å². The van der Waals surface area contributed by atoms with Gasteiger partial charge in [0, 0.05) is 12.1 Å². The zero-order valence-corrected chi connectivity index (χ0v) is 17.4. The lowest BCUT2D eigenvalue weighted by atomic mass is 9.94. The molecule has 5 heteroatoms. The van der Waals surface area contributed by atoms with Crippen LogP contribution in [0.25, 0.3) is 39.2 Å². The van der Waals surface area contributed by atoms with E-state index < -0.39 is 0 Å². The van der Waals surface area contributed by atoms with Gasteiger partial charge in [0.2, 0.25) is 0 Å². The second kappa shape index (κ2) is 7.26. The average molecular weight is 393 g/mol. The molecule has 0 spiro atoms. The van der Waals surface area contributed by atoms with Crippen LogP contribution >= 0.6 is 0 Å². The van der Waals surface area contributed by atoms with Gasteiger partial charge in [-0.15, -0.1) is 10.2 Å². The van der Waals surface area contributed by atoms with Gasteiger partial charge in [-0.05, 0) is 55.7 Å². The molecule has 5 rings (SSSR count). The predicted molar refractivity (Wildman–Crippen MR) is 121 cm³/mol. The Balaban J connectivity index is 1.72. The molecule has 148 valence electrons. The Kier molecular flexibility index (Phi) is 4.43. The first-order valence-electron chi connectivity index (χ1n) is 10.2. The normalized spacial score (nSPS) is 11.3. The largest absolute Gasteiger partial charge is 0.324 e. The Hall–Kier alpha value is -3.73. The van der Waals surface area contributed by atoms with Gasteiger partial charge in [0.05, 0.1) is 16.7 Å². The lowest BCUT2D eigenvalue weighted by Gasteiger charge is -2.14. The van der Waals surface area contributed by atoms with Crippen LogP contribution in [0.3, 0.4) is 0 Å². The van der Waals surface area contributed by atoms with Gasteiger partial charge in [-0.3, -0.25) is 4.57 Å². The minimum Gasteiger partial charge on any atom is -0.324 e. The first kappa shape index (κ1) is 18.3. The van der Waals surface area contributed by atoms with Gasteiger partial charge in [-0.2, -0.15) is 0 Å². The van der Waals surface area contributed by atoms with Crippen LogP contribution in [0.15, 0.2) is 73.3 Å². The maximum atomic E-state index is 5.07. The van der Waals surface area contributed by atoms with Crippen LogP contribution in [-0.4, -0.2) is 24.3 Å². The van der Waals surface area contributed by atoms with Gasteiger partial charge in [0.1, 0.15) is 18.5 Å². The van der Waals surface area contributed by atoms with Gasteiger partial charge >= 0.3 is 0 Å². The standard InChI is InChI=1S/C25H23N5/c1-4-30-24-12-10-19(29-15-26-27-16-29)14-23(24)28-25(30)22-8-6-5-7-21(22)20-11-9-17(2)13-18(20)3/h5-16H,4H2,1-3H3. The summed E-state index contributed by atoms with van der Waals surface area (Å²) in [6.45, 7) is 7.32. The summed E-state index contributed by atoms with van der Waals surface area (Å²) in [4.78, 5) is 5.07. The summed E-state index contributed by atoms with van der Waals surface area (Å²) in [6.07, 6.45) is 3.41. The number of benzene rings is 3. The summed E-state index contributed by atoms with van der Waals surface area (Å²) in [5.41, 5.74) is 9.24. The smallest absolute Gasteiger partial charge is 0.141 e. The summed E-state index contributed by atoms with van der Waals surface area (Å²) in [5, 5.41) is 7.82. The molecule has 0 bridgehead atoms. The SMILES string of the molecule is CCn1c(-c2ccccc2-c2ccc(C)cc2C)nc2cc(-n3cnnc3)ccc21. The Morgan fingerprint density at radius 1 is 0.800 bits per heavy atom. The van der Waals surface area contributed by atoms with Gasteiger partial charge in [-0.1, -0.05) is 48.0 Å². The quantitative estimate of drug-likeness (QED) is 0.400. The fraction of sp³-hybridized carbons (Fsp3) is 0.160. The van der Waals surface area contributed by atoms with Crippen LogP contribution in [0.1, 0.15) is 18.1 Å². The molecule has 0 radical (unpaired) electrons. The zero-order valence-electron chi connectivity index (χ0n) is 17.4. The maximum Gasteiger partial charge on any atom is 0.141 e. The van der Waals surface area contributed by atoms with Crippen molar-refractivity contribution in [3.63, 3.8) is 0 Å². The highest BCUT2D eigenvalue weighted by atomic mass is 15.2. The van der Waals surface area contributed by atoms with Gasteiger partial charge in [-0.25, -0.2) is 4.98 Å². The third kappa shape index (κ3) is 2.99. The number of imidazole rings is 1. The molecule has 0 N–H and O–H groups in total. The van der Waals surface area contributed by atoms with Crippen molar-refractivity contribution in [2.24, 2.45) is 0 Å². The minimum atomic E-state index is 0.846. The summed E-state index contributed by atoms with van der Waals surface area (Å²) in [5.74, 6) is 0.990. The molecular weight excluding hydrogens is 370 g/mol. The van der Waals surface area contributed by atoms with Crippen LogP contribution in [0.2, 0.25) is 0 Å². The van der Waals surface area contributed by atoms with E-state index in [0.29, 0.717) is 0 Å². The Labute approximate surface area is 175 Å². The van der Waals surface area contributed by atoms with Crippen molar-refractivity contribution in [2.45, 2.75) is 27.3 Å². The molecule has 2 heterocycles. The third-order valence-corrected chi connectivity index (χ3v) is 5.60. The molecule has 0 saturated heterocycles. The molecule has 0 unspecified atom stereocenters. The van der Waals surface area contributed by atoms with Crippen LogP contribution < -0.4 is 0 Å². The molecule has 0 aliphatic carbocycles.